The fourth-order valence-corrected chi connectivity index (χ4v) is 0.322. The molecule has 0 aromatic rings. The lowest BCUT2D eigenvalue weighted by atomic mass is 10.2. The molecule has 0 saturated carbocycles. The lowest BCUT2D eigenvalue weighted by molar-refractivity contribution is 0.702. The van der Waals surface area contributed by atoms with Gasteiger partial charge in [-0.3, -0.25) is 0 Å². The minimum atomic E-state index is -0.962. The molecule has 0 saturated heterocycles. The van der Waals surface area contributed by atoms with Crippen molar-refractivity contribution in [3.05, 3.63) is 0 Å². The third-order valence-electron chi connectivity index (χ3n) is 0.724. The van der Waals surface area contributed by atoms with E-state index < -0.39 is 13.3 Å². The van der Waals surface area contributed by atoms with E-state index in [1.54, 1.807) is 0 Å². The van der Waals surface area contributed by atoms with E-state index in [1.807, 2.05) is 0 Å². The third-order valence-corrected chi connectivity index (χ3v) is 0.724. The smallest absolute Gasteiger partial charge is 0.0264 e. The Morgan fingerprint density at radius 3 is 3.00 bits per heavy atom. The van der Waals surface area contributed by atoms with E-state index in [0.29, 0.717) is 6.42 Å². The molecule has 0 radical (unpaired) electrons. The molecule has 1 atom stereocenters. The Balaban J connectivity index is 3.16. The van der Waals surface area contributed by atoms with Crippen molar-refractivity contribution < 1.29 is 4.11 Å². The van der Waals surface area contributed by atoms with E-state index >= 15 is 0 Å². The first-order valence-electron chi connectivity index (χ1n) is 4.18. The van der Waals surface area contributed by atoms with Gasteiger partial charge in [-0.2, -0.15) is 0 Å². The molecule has 0 spiro atoms. The molecule has 0 N–H and O–H groups in total. The van der Waals surface area contributed by atoms with Gasteiger partial charge in [0.2, 0.25) is 0 Å². The first kappa shape index (κ1) is 2.34. The summed E-state index contributed by atoms with van der Waals surface area (Å²) >= 11 is 0. The average molecular weight is 92.2 g/mol. The summed E-state index contributed by atoms with van der Waals surface area (Å²) in [6.45, 7) is 1.09. The normalized spacial score (nSPS) is 22.0. The summed E-state index contributed by atoms with van der Waals surface area (Å²) < 4.78 is 20.8. The van der Waals surface area contributed by atoms with Crippen molar-refractivity contribution in [3.63, 3.8) is 0 Å². The molecule has 0 heteroatoms. The van der Waals surface area contributed by atoms with E-state index in [1.165, 1.54) is 0 Å². The van der Waals surface area contributed by atoms with E-state index in [-0.39, 0.29) is 0 Å². The van der Waals surface area contributed by atoms with Gasteiger partial charge in [0.15, 0.2) is 0 Å². The number of hydrogen-bond donors (Lipinski definition) is 0. The van der Waals surface area contributed by atoms with Crippen molar-refractivity contribution in [3.8, 4) is 0 Å². The molecule has 1 unspecified atom stereocenters. The van der Waals surface area contributed by atoms with Crippen LogP contribution in [0.5, 0.6) is 0 Å². The molecule has 0 nitrogen and oxygen atoms in total. The molecule has 0 amide bonds. The highest BCUT2D eigenvalue weighted by Crippen LogP contribution is 1.95. The molecule has 38 valence electrons. The third kappa shape index (κ3) is 4.00. The molecule has 0 aliphatic carbocycles. The van der Waals surface area contributed by atoms with Gasteiger partial charge in [-0.15, -0.1) is 0 Å². The molecule has 0 rings (SSSR count). The van der Waals surface area contributed by atoms with Crippen LogP contribution in [0, 0.1) is 0 Å². The standard InChI is InChI=1S/C6H14/c1-3-5-6-4-2/h3-6H2,1-2H3/i1T2,3T. The zero-order valence-corrected chi connectivity index (χ0v) is 4.28. The monoisotopic (exact) mass is 92.1 g/mol. The zero-order chi connectivity index (χ0) is 7.28. The molecule has 0 fully saturated rings. The molecular weight excluding hydrogens is 72.1 g/mol. The highest BCUT2D eigenvalue weighted by atomic mass is 13.8. The Bertz CT molecular complexity index is 63.3. The Morgan fingerprint density at radius 1 is 1.67 bits per heavy atom. The van der Waals surface area contributed by atoms with Crippen LogP contribution in [0.25, 0.3) is 0 Å². The van der Waals surface area contributed by atoms with E-state index in [9.17, 15) is 0 Å². The number of rotatable bonds is 3. The van der Waals surface area contributed by atoms with E-state index in [4.69, 9.17) is 4.11 Å². The maximum Gasteiger partial charge on any atom is 0.0264 e. The number of hydrogen-bond acceptors (Lipinski definition) is 0. The minimum absolute atomic E-state index is 0.495. The van der Waals surface area contributed by atoms with Crippen LogP contribution in [-0.4, -0.2) is 0 Å². The lowest BCUT2D eigenvalue weighted by Gasteiger charge is -1.86. The van der Waals surface area contributed by atoms with Gasteiger partial charge < -0.3 is 0 Å². The van der Waals surface area contributed by atoms with Crippen LogP contribution < -0.4 is 0 Å². The average Bonchev–Trinajstić information content (AvgIpc) is 1.82. The van der Waals surface area contributed by atoms with E-state index in [2.05, 4.69) is 6.92 Å². The first-order chi connectivity index (χ1) is 4.18. The summed E-state index contributed by atoms with van der Waals surface area (Å²) in [7, 11) is 0. The van der Waals surface area contributed by atoms with Crippen molar-refractivity contribution in [2.24, 2.45) is 0 Å². The molecule has 6 heavy (non-hydrogen) atoms. The zero-order valence-electron chi connectivity index (χ0n) is 7.28. The van der Waals surface area contributed by atoms with Crippen LogP contribution in [0.1, 0.15) is 43.6 Å². The molecule has 0 aromatic heterocycles. The SMILES string of the molecule is [3H]C([3H])C([3H])CCCC. The highest BCUT2D eigenvalue weighted by Gasteiger charge is 1.75. The summed E-state index contributed by atoms with van der Waals surface area (Å²) in [6, 6.07) is 0. The predicted molar refractivity (Wildman–Crippen MR) is 29.8 cm³/mol. The van der Waals surface area contributed by atoms with Crippen LogP contribution in [0.2, 0.25) is 0 Å². The summed E-state index contributed by atoms with van der Waals surface area (Å²) in [5, 5.41) is 0. The maximum atomic E-state index is 7.16. The molecule has 0 aliphatic heterocycles. The van der Waals surface area contributed by atoms with Gasteiger partial charge in [0, 0.05) is 4.11 Å². The largest absolute Gasteiger partial charge is 0.0654 e. The Kier molecular flexibility index (Phi) is 1.95. The van der Waals surface area contributed by atoms with Crippen molar-refractivity contribution in [2.45, 2.75) is 39.5 Å². The summed E-state index contributed by atoms with van der Waals surface area (Å²) in [6.07, 6.45) is 2.24. The van der Waals surface area contributed by atoms with Gasteiger partial charge in [-0.25, -0.2) is 0 Å². The minimum Gasteiger partial charge on any atom is -0.0654 e. The van der Waals surface area contributed by atoms with Crippen LogP contribution in [0.4, 0.5) is 0 Å². The molecule has 0 heterocycles. The van der Waals surface area contributed by atoms with Gasteiger partial charge in [0.25, 0.3) is 0 Å². The lowest BCUT2D eigenvalue weighted by Crippen LogP contribution is -1.66. The van der Waals surface area contributed by atoms with Crippen molar-refractivity contribution in [1.29, 1.82) is 0 Å². The van der Waals surface area contributed by atoms with Crippen LogP contribution in [0.15, 0.2) is 0 Å². The summed E-state index contributed by atoms with van der Waals surface area (Å²) in [5.74, 6) is 0. The van der Waals surface area contributed by atoms with Gasteiger partial charge in [-0.05, 0) is 0 Å². The summed E-state index contributed by atoms with van der Waals surface area (Å²) in [4.78, 5) is 0. The van der Waals surface area contributed by atoms with Crippen LogP contribution >= 0.6 is 0 Å². The first-order valence-corrected chi connectivity index (χ1v) is 2.45. The van der Waals surface area contributed by atoms with Crippen LogP contribution in [0.3, 0.4) is 0 Å². The molecular formula is C6H14. The predicted octanol–water partition coefficient (Wildman–Crippen LogP) is 2.59. The number of unbranched alkanes of at least 4 members (excludes halogenated alkanes) is 1. The van der Waals surface area contributed by atoms with Crippen molar-refractivity contribution in [2.75, 3.05) is 0 Å². The van der Waals surface area contributed by atoms with E-state index in [0.717, 1.165) is 12.8 Å². The maximum absolute atomic E-state index is 7.16. The van der Waals surface area contributed by atoms with Gasteiger partial charge in [-0.1, -0.05) is 39.5 Å². The molecule has 0 aliphatic rings. The molecule has 0 bridgehead atoms. The second kappa shape index (κ2) is 5.00. The Morgan fingerprint density at radius 2 is 2.50 bits per heavy atom. The second-order valence-corrected chi connectivity index (χ2v) is 1.38. The van der Waals surface area contributed by atoms with Gasteiger partial charge in [0.1, 0.15) is 0 Å². The van der Waals surface area contributed by atoms with Gasteiger partial charge in [0.05, 0.1) is 0 Å². The second-order valence-electron chi connectivity index (χ2n) is 1.38. The van der Waals surface area contributed by atoms with Crippen molar-refractivity contribution in [1.82, 2.24) is 0 Å². The fraction of sp³-hybridized carbons (Fsp3) is 1.00. The fourth-order valence-electron chi connectivity index (χ4n) is 0.322. The molecule has 0 aromatic carbocycles. The highest BCUT2D eigenvalue weighted by molar-refractivity contribution is 4.31. The Labute approximate surface area is 44.8 Å². The summed E-state index contributed by atoms with van der Waals surface area (Å²) in [5.41, 5.74) is 0. The quantitative estimate of drug-likeness (QED) is 0.502. The topological polar surface area (TPSA) is 0 Å². The Hall–Kier alpha value is 0. The van der Waals surface area contributed by atoms with Gasteiger partial charge >= 0.3 is 0 Å². The van der Waals surface area contributed by atoms with Crippen LogP contribution in [-0.2, 0) is 0 Å². The van der Waals surface area contributed by atoms with Crippen molar-refractivity contribution >= 4 is 0 Å².